The molecule has 2 heterocycles. The van der Waals surface area contributed by atoms with Crippen LogP contribution in [0.25, 0.3) is 5.76 Å². The average molecular weight is 422 g/mol. The monoisotopic (exact) mass is 422 g/mol. The Morgan fingerprint density at radius 3 is 2.16 bits per heavy atom. The van der Waals surface area contributed by atoms with Gasteiger partial charge in [0.25, 0.3) is 5.78 Å². The molecule has 0 saturated carbocycles. The fraction of sp³-hybridized carbons (Fsp3) is 0.261. The van der Waals surface area contributed by atoms with E-state index in [9.17, 15) is 19.5 Å². The number of nitrogens with zero attached hydrogens (tertiary/aromatic N) is 2. The van der Waals surface area contributed by atoms with Crippen molar-refractivity contribution in [2.24, 2.45) is 0 Å². The lowest BCUT2D eigenvalue weighted by Gasteiger charge is -2.45. The van der Waals surface area contributed by atoms with Crippen LogP contribution >= 0.6 is 0 Å². The van der Waals surface area contributed by atoms with Crippen molar-refractivity contribution in [3.05, 3.63) is 71.8 Å². The third-order valence-corrected chi connectivity index (χ3v) is 5.53. The number of hydrogen-bond acceptors (Lipinski definition) is 7. The maximum Gasteiger partial charge on any atom is 0.352 e. The summed E-state index contributed by atoms with van der Waals surface area (Å²) in [5.41, 5.74) is -1.63. The molecule has 2 saturated heterocycles. The zero-order chi connectivity index (χ0) is 22.0. The number of carbonyl (C=O) groups is 3. The summed E-state index contributed by atoms with van der Waals surface area (Å²) in [6.45, 7) is 1.10. The van der Waals surface area contributed by atoms with Crippen molar-refractivity contribution >= 4 is 29.1 Å². The number of amides is 1. The van der Waals surface area contributed by atoms with Gasteiger partial charge in [0.05, 0.1) is 20.3 Å². The lowest BCUT2D eigenvalue weighted by molar-refractivity contribution is -0.155. The molecule has 0 radical (unpaired) electrons. The van der Waals surface area contributed by atoms with Gasteiger partial charge in [0.2, 0.25) is 5.66 Å². The Kier molecular flexibility index (Phi) is 5.58. The van der Waals surface area contributed by atoms with Crippen molar-refractivity contribution in [2.75, 3.05) is 38.3 Å². The van der Waals surface area contributed by atoms with Gasteiger partial charge >= 0.3 is 11.9 Å². The maximum atomic E-state index is 13.5. The first-order chi connectivity index (χ1) is 15.0. The van der Waals surface area contributed by atoms with Gasteiger partial charge in [-0.2, -0.15) is 0 Å². The van der Waals surface area contributed by atoms with Gasteiger partial charge in [0.1, 0.15) is 11.3 Å². The third-order valence-electron chi connectivity index (χ3n) is 5.53. The van der Waals surface area contributed by atoms with E-state index in [1.54, 1.807) is 65.6 Å². The highest BCUT2D eigenvalue weighted by molar-refractivity contribution is 6.54. The maximum absolute atomic E-state index is 13.5. The number of aliphatic hydroxyl groups is 1. The molecule has 4 rings (SSSR count). The topological polar surface area (TPSA) is 96.4 Å². The number of rotatable bonds is 4. The van der Waals surface area contributed by atoms with E-state index in [1.165, 1.54) is 7.11 Å². The number of aliphatic hydroxyl groups excluding tert-OH is 1. The van der Waals surface area contributed by atoms with Gasteiger partial charge in [-0.05, 0) is 12.1 Å². The van der Waals surface area contributed by atoms with Gasteiger partial charge in [-0.3, -0.25) is 19.4 Å². The van der Waals surface area contributed by atoms with Crippen molar-refractivity contribution in [1.82, 2.24) is 4.90 Å². The molecule has 0 aromatic heterocycles. The number of carbonyl (C=O) groups excluding carboxylic acids is 3. The minimum atomic E-state index is -1.96. The molecule has 0 bridgehead atoms. The zero-order valence-electron chi connectivity index (χ0n) is 17.0. The first kappa shape index (κ1) is 20.8. The van der Waals surface area contributed by atoms with Crippen molar-refractivity contribution < 1.29 is 29.0 Å². The SMILES string of the molecule is COC(=O)C1(N2CCOCC2)/C(=C(\O)c2ccccc2)C(=O)C(=O)N1c1ccccc1. The van der Waals surface area contributed by atoms with Gasteiger partial charge in [-0.1, -0.05) is 48.5 Å². The Morgan fingerprint density at radius 1 is 1.00 bits per heavy atom. The molecule has 2 fully saturated rings. The van der Waals surface area contributed by atoms with E-state index in [0.717, 1.165) is 4.90 Å². The molecule has 2 aliphatic rings. The number of ether oxygens (including phenoxy) is 2. The minimum Gasteiger partial charge on any atom is -0.507 e. The fourth-order valence-electron chi connectivity index (χ4n) is 4.17. The Labute approximate surface area is 179 Å². The third kappa shape index (κ3) is 3.20. The number of benzene rings is 2. The number of Topliss-reactive ketones (excluding diaryl/α,β-unsaturated/α-hetero) is 1. The predicted molar refractivity (Wildman–Crippen MR) is 112 cm³/mol. The smallest absolute Gasteiger partial charge is 0.352 e. The number of hydrogen-bond donors (Lipinski definition) is 1. The van der Waals surface area contributed by atoms with Gasteiger partial charge in [0.15, 0.2) is 0 Å². The molecule has 1 N–H and O–H groups in total. The molecule has 8 heteroatoms. The summed E-state index contributed by atoms with van der Waals surface area (Å²) in [7, 11) is 1.19. The van der Waals surface area contributed by atoms with Crippen molar-refractivity contribution in [3.63, 3.8) is 0 Å². The summed E-state index contributed by atoms with van der Waals surface area (Å²) in [5, 5.41) is 11.2. The largest absolute Gasteiger partial charge is 0.507 e. The molecule has 1 amide bonds. The number of morpholine rings is 1. The van der Waals surface area contributed by atoms with Crippen molar-refractivity contribution in [3.8, 4) is 0 Å². The number of anilines is 1. The highest BCUT2D eigenvalue weighted by Crippen LogP contribution is 2.44. The van der Waals surface area contributed by atoms with E-state index in [1.807, 2.05) is 0 Å². The van der Waals surface area contributed by atoms with Crippen LogP contribution in [0.2, 0.25) is 0 Å². The average Bonchev–Trinajstić information content (AvgIpc) is 3.07. The fourth-order valence-corrected chi connectivity index (χ4v) is 4.17. The van der Waals surface area contributed by atoms with Crippen LogP contribution in [0.1, 0.15) is 5.56 Å². The first-order valence-electron chi connectivity index (χ1n) is 9.87. The molecule has 2 aliphatic heterocycles. The molecule has 0 spiro atoms. The van der Waals surface area contributed by atoms with Crippen molar-refractivity contribution in [2.45, 2.75) is 5.66 Å². The van der Waals surface area contributed by atoms with E-state index in [-0.39, 0.29) is 18.7 Å². The summed E-state index contributed by atoms with van der Waals surface area (Å²) < 4.78 is 10.6. The van der Waals surface area contributed by atoms with Gasteiger partial charge in [-0.15, -0.1) is 0 Å². The molecule has 1 atom stereocenters. The van der Waals surface area contributed by atoms with Crippen LogP contribution < -0.4 is 4.90 Å². The molecule has 2 aromatic carbocycles. The Balaban J connectivity index is 2.06. The summed E-state index contributed by atoms with van der Waals surface area (Å²) in [6.07, 6.45) is 0. The first-order valence-corrected chi connectivity index (χ1v) is 9.87. The molecular weight excluding hydrogens is 400 g/mol. The number of esters is 1. The van der Waals surface area contributed by atoms with E-state index >= 15 is 0 Å². The van der Waals surface area contributed by atoms with Crippen molar-refractivity contribution in [1.29, 1.82) is 0 Å². The Hall–Kier alpha value is -3.49. The van der Waals surface area contributed by atoms with Gasteiger partial charge in [0, 0.05) is 24.3 Å². The minimum absolute atomic E-state index is 0.255. The van der Waals surface area contributed by atoms with E-state index in [0.29, 0.717) is 24.5 Å². The lowest BCUT2D eigenvalue weighted by Crippen LogP contribution is -2.67. The number of ketones is 1. The summed E-state index contributed by atoms with van der Waals surface area (Å²) in [6, 6.07) is 16.8. The van der Waals surface area contributed by atoms with Crippen LogP contribution in [-0.2, 0) is 23.9 Å². The number of para-hydroxylation sites is 1. The highest BCUT2D eigenvalue weighted by atomic mass is 16.5. The summed E-state index contributed by atoms with van der Waals surface area (Å²) in [5.74, 6) is -3.15. The zero-order valence-corrected chi connectivity index (χ0v) is 17.0. The molecule has 2 aromatic rings. The quantitative estimate of drug-likeness (QED) is 0.347. The van der Waals surface area contributed by atoms with E-state index in [2.05, 4.69) is 0 Å². The lowest BCUT2D eigenvalue weighted by atomic mass is 9.92. The second-order valence-electron chi connectivity index (χ2n) is 7.16. The van der Waals surface area contributed by atoms with Crippen LogP contribution in [0.4, 0.5) is 5.69 Å². The predicted octanol–water partition coefficient (Wildman–Crippen LogP) is 1.77. The molecule has 31 heavy (non-hydrogen) atoms. The van der Waals surface area contributed by atoms with Crippen LogP contribution in [-0.4, -0.2) is 66.7 Å². The summed E-state index contributed by atoms with van der Waals surface area (Å²) in [4.78, 5) is 42.8. The second kappa shape index (κ2) is 8.33. The van der Waals surface area contributed by atoms with Crippen LogP contribution in [0.15, 0.2) is 66.2 Å². The second-order valence-corrected chi connectivity index (χ2v) is 7.16. The summed E-state index contributed by atoms with van der Waals surface area (Å²) >= 11 is 0. The molecular formula is C23H22N2O6. The van der Waals surface area contributed by atoms with Gasteiger partial charge in [-0.25, -0.2) is 4.79 Å². The Bertz CT molecular complexity index is 1030. The molecule has 0 aliphatic carbocycles. The number of methoxy groups -OCH3 is 1. The van der Waals surface area contributed by atoms with Crippen LogP contribution in [0, 0.1) is 0 Å². The van der Waals surface area contributed by atoms with E-state index < -0.39 is 29.1 Å². The van der Waals surface area contributed by atoms with E-state index in [4.69, 9.17) is 9.47 Å². The highest BCUT2D eigenvalue weighted by Gasteiger charge is 2.66. The Morgan fingerprint density at radius 2 is 1.58 bits per heavy atom. The van der Waals surface area contributed by atoms with Crippen LogP contribution in [0.5, 0.6) is 0 Å². The van der Waals surface area contributed by atoms with Crippen LogP contribution in [0.3, 0.4) is 0 Å². The molecule has 1 unspecified atom stereocenters. The molecule has 160 valence electrons. The van der Waals surface area contributed by atoms with Gasteiger partial charge < -0.3 is 14.6 Å². The normalized spacial score (nSPS) is 23.7. The standard InChI is InChI=1S/C23H22N2O6/c1-30-22(29)23(24-12-14-31-15-13-24)18(19(26)16-8-4-2-5-9-16)20(27)21(28)25(23)17-10-6-3-7-11-17/h2-11,26H,12-15H2,1H3/b19-18-. The molecule has 8 nitrogen and oxygen atoms in total.